The lowest BCUT2D eigenvalue weighted by atomic mass is 10.0. The van der Waals surface area contributed by atoms with Crippen molar-refractivity contribution in [2.45, 2.75) is 45.4 Å². The van der Waals surface area contributed by atoms with Crippen molar-refractivity contribution < 1.29 is 28.9 Å². The van der Waals surface area contributed by atoms with E-state index in [-0.39, 0.29) is 56.1 Å². The van der Waals surface area contributed by atoms with Gasteiger partial charge in [0.2, 0.25) is 18.6 Å². The van der Waals surface area contributed by atoms with Crippen molar-refractivity contribution in [1.82, 2.24) is 14.4 Å². The van der Waals surface area contributed by atoms with Crippen LogP contribution in [0.2, 0.25) is 0 Å². The van der Waals surface area contributed by atoms with Gasteiger partial charge in [-0.25, -0.2) is 0 Å². The highest BCUT2D eigenvalue weighted by Gasteiger charge is 2.31. The van der Waals surface area contributed by atoms with Crippen LogP contribution in [-0.2, 0) is 36.0 Å². The van der Waals surface area contributed by atoms with Crippen molar-refractivity contribution in [3.63, 3.8) is 0 Å². The molecule has 2 aliphatic rings. The zero-order valence-electron chi connectivity index (χ0n) is 26.9. The van der Waals surface area contributed by atoms with Crippen LogP contribution in [0.15, 0.2) is 66.9 Å². The number of hydrogen-bond acceptors (Lipinski definition) is 7. The summed E-state index contributed by atoms with van der Waals surface area (Å²) in [6.45, 7) is 5.77. The minimum absolute atomic E-state index is 0.0248. The Kier molecular flexibility index (Phi) is 9.19. The summed E-state index contributed by atoms with van der Waals surface area (Å²) >= 11 is 0. The van der Waals surface area contributed by atoms with Gasteiger partial charge in [-0.15, -0.1) is 0 Å². The molecule has 2 aliphatic heterocycles. The van der Waals surface area contributed by atoms with E-state index < -0.39 is 0 Å². The molecule has 0 saturated carbocycles. The number of aliphatic hydroxyl groups is 1. The molecule has 0 unspecified atom stereocenters. The average molecular weight is 627 g/mol. The summed E-state index contributed by atoms with van der Waals surface area (Å²) in [4.78, 5) is 30.8. The Labute approximate surface area is 269 Å². The maximum atomic E-state index is 13.6. The summed E-state index contributed by atoms with van der Waals surface area (Å²) < 4.78 is 19.7. The fourth-order valence-corrected chi connectivity index (χ4v) is 6.39. The Morgan fingerprint density at radius 3 is 2.70 bits per heavy atom. The number of ether oxygens (including phenoxy) is 3. The quantitative estimate of drug-likeness (QED) is 0.284. The molecule has 6 rings (SSSR count). The number of hydrogen-bond donors (Lipinski definition) is 2. The minimum atomic E-state index is -0.341. The number of amides is 2. The Morgan fingerprint density at radius 2 is 1.87 bits per heavy atom. The molecule has 3 aromatic carbocycles. The van der Waals surface area contributed by atoms with E-state index in [4.69, 9.17) is 14.2 Å². The van der Waals surface area contributed by atoms with Gasteiger partial charge in [0.15, 0.2) is 11.5 Å². The second kappa shape index (κ2) is 13.4. The molecule has 46 heavy (non-hydrogen) atoms. The van der Waals surface area contributed by atoms with Gasteiger partial charge in [0.05, 0.1) is 25.5 Å². The number of carbonyl (C=O) groups excluding carboxylic acids is 2. The summed E-state index contributed by atoms with van der Waals surface area (Å²) in [6.07, 6.45) is 2.07. The van der Waals surface area contributed by atoms with E-state index in [1.54, 1.807) is 4.90 Å². The van der Waals surface area contributed by atoms with E-state index in [0.29, 0.717) is 36.6 Å². The molecule has 0 spiro atoms. The van der Waals surface area contributed by atoms with Crippen LogP contribution in [0, 0.1) is 5.92 Å². The van der Waals surface area contributed by atoms with Gasteiger partial charge < -0.3 is 34.1 Å². The minimum Gasteiger partial charge on any atom is -0.488 e. The van der Waals surface area contributed by atoms with E-state index in [1.807, 2.05) is 92.4 Å². The molecule has 10 heteroatoms. The monoisotopic (exact) mass is 626 g/mol. The van der Waals surface area contributed by atoms with Crippen molar-refractivity contribution in [1.29, 1.82) is 0 Å². The van der Waals surface area contributed by atoms with Crippen LogP contribution in [0.4, 0.5) is 5.69 Å². The number of carbonyl (C=O) groups is 2. The Morgan fingerprint density at radius 1 is 1.09 bits per heavy atom. The first kappa shape index (κ1) is 31.4. The first-order chi connectivity index (χ1) is 22.2. The average Bonchev–Trinajstić information content (AvgIpc) is 3.64. The molecule has 3 heterocycles. The third-order valence-electron chi connectivity index (χ3n) is 8.91. The van der Waals surface area contributed by atoms with Gasteiger partial charge in [-0.2, -0.15) is 0 Å². The van der Waals surface area contributed by atoms with Gasteiger partial charge in [0.1, 0.15) is 11.9 Å². The second-order valence-electron chi connectivity index (χ2n) is 12.6. The first-order valence-electron chi connectivity index (χ1n) is 15.8. The summed E-state index contributed by atoms with van der Waals surface area (Å²) in [7, 11) is 4.02. The number of likely N-dealkylation sites (N-methyl/N-ethyl adjacent to an activating group) is 1. The van der Waals surface area contributed by atoms with E-state index >= 15 is 0 Å². The highest BCUT2D eigenvalue weighted by molar-refractivity contribution is 5.96. The highest BCUT2D eigenvalue weighted by atomic mass is 16.7. The fourth-order valence-electron chi connectivity index (χ4n) is 6.39. The van der Waals surface area contributed by atoms with Crippen LogP contribution in [0.5, 0.6) is 17.2 Å². The molecule has 0 saturated heterocycles. The third kappa shape index (κ3) is 6.83. The number of aromatic nitrogens is 1. The number of benzene rings is 3. The van der Waals surface area contributed by atoms with E-state index in [0.717, 1.165) is 33.5 Å². The van der Waals surface area contributed by atoms with Crippen LogP contribution in [-0.4, -0.2) is 77.0 Å². The van der Waals surface area contributed by atoms with Crippen LogP contribution in [0.3, 0.4) is 0 Å². The number of aryl methyl sites for hydroxylation is 1. The summed E-state index contributed by atoms with van der Waals surface area (Å²) in [5.41, 5.74) is 4.42. The molecule has 0 fully saturated rings. The van der Waals surface area contributed by atoms with Gasteiger partial charge in [0.25, 0.3) is 0 Å². The van der Waals surface area contributed by atoms with Crippen molar-refractivity contribution >= 4 is 28.4 Å². The predicted octanol–water partition coefficient (Wildman–Crippen LogP) is 4.37. The molecule has 10 nitrogen and oxygen atoms in total. The molecule has 2 amide bonds. The first-order valence-corrected chi connectivity index (χ1v) is 15.8. The fraction of sp³-hybridized carbons (Fsp3) is 0.389. The van der Waals surface area contributed by atoms with Gasteiger partial charge >= 0.3 is 0 Å². The lowest BCUT2D eigenvalue weighted by Crippen LogP contribution is -2.47. The normalized spacial score (nSPS) is 18.5. The van der Waals surface area contributed by atoms with Crippen LogP contribution in [0.1, 0.15) is 30.5 Å². The number of nitrogens with zero attached hydrogens (tertiary/aromatic N) is 3. The number of fused-ring (bicyclic) bond motifs is 3. The van der Waals surface area contributed by atoms with E-state index in [2.05, 4.69) is 17.1 Å². The molecular weight excluding hydrogens is 584 g/mol. The van der Waals surface area contributed by atoms with Gasteiger partial charge in [-0.3, -0.25) is 14.5 Å². The van der Waals surface area contributed by atoms with Gasteiger partial charge in [-0.1, -0.05) is 31.2 Å². The van der Waals surface area contributed by atoms with Crippen LogP contribution >= 0.6 is 0 Å². The maximum absolute atomic E-state index is 13.6. The van der Waals surface area contributed by atoms with Gasteiger partial charge in [0, 0.05) is 61.0 Å². The number of para-hydroxylation sites is 1. The third-order valence-corrected chi connectivity index (χ3v) is 8.91. The number of nitrogens with one attached hydrogen (secondary N) is 1. The number of rotatable bonds is 9. The molecular formula is C36H42N4O6. The smallest absolute Gasteiger partial charge is 0.231 e. The molecule has 0 radical (unpaired) electrons. The standard InChI is InChI=1S/C36H42N4O6/c1-23-17-40(24(2)21-41)36(43)16-26-14-28(37-35(42)15-27-19-39(4)30-8-6-5-7-29(27)30)10-12-31(26)46-34(23)20-38(3)18-25-9-11-32-33(13-25)45-22-44-32/h5-14,19,23-24,34,41H,15-18,20-22H2,1-4H3,(H,37,42)/t23-,24-,34+/m1/s1. The summed E-state index contributed by atoms with van der Waals surface area (Å²) in [5.74, 6) is 1.86. The highest BCUT2D eigenvalue weighted by Crippen LogP contribution is 2.33. The van der Waals surface area contributed by atoms with Crippen molar-refractivity contribution in [2.75, 3.05) is 38.9 Å². The zero-order valence-corrected chi connectivity index (χ0v) is 26.9. The molecule has 3 atom stereocenters. The topological polar surface area (TPSA) is 106 Å². The van der Waals surface area contributed by atoms with Crippen molar-refractivity contribution in [3.05, 3.63) is 83.6 Å². The van der Waals surface area contributed by atoms with E-state index in [9.17, 15) is 14.7 Å². The Balaban J connectivity index is 1.21. The Bertz CT molecular complexity index is 1730. The Hall–Kier alpha value is -4.54. The summed E-state index contributed by atoms with van der Waals surface area (Å²) in [5, 5.41) is 14.1. The van der Waals surface area contributed by atoms with Crippen molar-refractivity contribution in [3.8, 4) is 17.2 Å². The molecule has 1 aromatic heterocycles. The lowest BCUT2D eigenvalue weighted by molar-refractivity contribution is -0.134. The van der Waals surface area contributed by atoms with Crippen LogP contribution < -0.4 is 19.5 Å². The number of aliphatic hydroxyl groups excluding tert-OH is 1. The largest absolute Gasteiger partial charge is 0.488 e. The molecule has 2 N–H and O–H groups in total. The summed E-state index contributed by atoms with van der Waals surface area (Å²) in [6, 6.07) is 19.2. The molecule has 4 aromatic rings. The van der Waals surface area contributed by atoms with E-state index in [1.165, 1.54) is 0 Å². The SMILES string of the molecule is C[C@@H]1CN([C@H](C)CO)C(=O)Cc2cc(NC(=O)Cc3cn(C)c4ccccc34)ccc2O[C@H]1CN(C)Cc1ccc2c(c1)OCO2. The van der Waals surface area contributed by atoms with Crippen molar-refractivity contribution in [2.24, 2.45) is 13.0 Å². The maximum Gasteiger partial charge on any atom is 0.231 e. The molecule has 0 bridgehead atoms. The van der Waals surface area contributed by atoms with Gasteiger partial charge in [-0.05, 0) is 61.5 Å². The lowest BCUT2D eigenvalue weighted by Gasteiger charge is -2.34. The number of anilines is 1. The zero-order chi connectivity index (χ0) is 32.4. The molecule has 242 valence electrons. The molecule has 0 aliphatic carbocycles. The second-order valence-corrected chi connectivity index (χ2v) is 12.6. The predicted molar refractivity (Wildman–Crippen MR) is 176 cm³/mol. The van der Waals surface area contributed by atoms with Crippen LogP contribution in [0.25, 0.3) is 10.9 Å².